The Hall–Kier alpha value is 0.360. The minimum Gasteiger partial charge on any atom is -0.270 e. The number of alkyl halides is 1. The Morgan fingerprint density at radius 1 is 1.70 bits per heavy atom. The van der Waals surface area contributed by atoms with Gasteiger partial charge in [0.25, 0.3) is 0 Å². The molecule has 1 atom stereocenters. The van der Waals surface area contributed by atoms with Crippen LogP contribution < -0.4 is 11.3 Å². The predicted molar refractivity (Wildman–Crippen MR) is 49.7 cm³/mol. The highest BCUT2D eigenvalue weighted by atomic mass is 79.9. The van der Waals surface area contributed by atoms with Crippen LogP contribution in [-0.4, -0.2) is 4.45 Å². The topological polar surface area (TPSA) is 38.0 Å². The summed E-state index contributed by atoms with van der Waals surface area (Å²) >= 11 is 6.83. The van der Waals surface area contributed by atoms with Crippen molar-refractivity contribution >= 4 is 31.9 Å². The molecule has 4 heteroatoms. The molecule has 0 aromatic heterocycles. The molecule has 0 fully saturated rings. The van der Waals surface area contributed by atoms with Gasteiger partial charge in [-0.3, -0.25) is 5.84 Å². The Labute approximate surface area is 76.8 Å². The molecule has 0 aromatic rings. The van der Waals surface area contributed by atoms with Gasteiger partial charge >= 0.3 is 0 Å². The lowest BCUT2D eigenvalue weighted by Crippen LogP contribution is -2.43. The third-order valence-electron chi connectivity index (χ3n) is 1.30. The molecule has 0 radical (unpaired) electrons. The molecule has 1 rings (SSSR count). The lowest BCUT2D eigenvalue weighted by molar-refractivity contribution is 0.582. The number of hydrogen-bond donors (Lipinski definition) is 2. The molecular formula is C6H8Br2N2. The second-order valence-corrected chi connectivity index (χ2v) is 4.59. The van der Waals surface area contributed by atoms with Crippen LogP contribution in [0.3, 0.4) is 0 Å². The minimum absolute atomic E-state index is 0.263. The van der Waals surface area contributed by atoms with E-state index in [1.165, 1.54) is 0 Å². The third-order valence-corrected chi connectivity index (χ3v) is 2.62. The van der Waals surface area contributed by atoms with Crippen molar-refractivity contribution in [2.24, 2.45) is 5.84 Å². The summed E-state index contributed by atoms with van der Waals surface area (Å²) in [5.41, 5.74) is 2.67. The number of allylic oxidation sites excluding steroid dienone is 2. The molecule has 0 spiro atoms. The standard InChI is InChI=1S/C6H8Br2N2/c7-5-2-1-3-6(8,4-5)10-9/h1-3,10H,4,9H2. The predicted octanol–water partition coefficient (Wildman–Crippen LogP) is 1.78. The van der Waals surface area contributed by atoms with E-state index in [4.69, 9.17) is 5.84 Å². The summed E-state index contributed by atoms with van der Waals surface area (Å²) in [5.74, 6) is 5.30. The first-order valence-corrected chi connectivity index (χ1v) is 4.45. The van der Waals surface area contributed by atoms with Gasteiger partial charge in [0, 0.05) is 6.42 Å². The Kier molecular flexibility index (Phi) is 2.68. The number of nitrogens with one attached hydrogen (secondary N) is 1. The van der Waals surface area contributed by atoms with Gasteiger partial charge < -0.3 is 0 Å². The van der Waals surface area contributed by atoms with Crippen LogP contribution in [0, 0.1) is 0 Å². The Bertz CT molecular complexity index is 188. The molecule has 3 N–H and O–H groups in total. The molecule has 0 amide bonds. The number of nitrogens with two attached hydrogens (primary N) is 1. The summed E-state index contributed by atoms with van der Waals surface area (Å²) in [6.07, 6.45) is 6.75. The number of hydrazine groups is 1. The zero-order chi connectivity index (χ0) is 7.61. The van der Waals surface area contributed by atoms with Crippen LogP contribution in [0.2, 0.25) is 0 Å². The Balaban J connectivity index is 2.71. The van der Waals surface area contributed by atoms with E-state index in [0.717, 1.165) is 10.9 Å². The van der Waals surface area contributed by atoms with Crippen molar-refractivity contribution in [1.29, 1.82) is 0 Å². The van der Waals surface area contributed by atoms with Gasteiger partial charge in [-0.1, -0.05) is 50.1 Å². The summed E-state index contributed by atoms with van der Waals surface area (Å²) < 4.78 is 0.866. The van der Waals surface area contributed by atoms with E-state index < -0.39 is 0 Å². The lowest BCUT2D eigenvalue weighted by atomic mass is 10.1. The second-order valence-electron chi connectivity index (χ2n) is 2.16. The summed E-state index contributed by atoms with van der Waals surface area (Å²) in [4.78, 5) is 0. The maximum Gasteiger partial charge on any atom is 0.110 e. The van der Waals surface area contributed by atoms with Crippen LogP contribution in [0.1, 0.15) is 6.42 Å². The molecule has 10 heavy (non-hydrogen) atoms. The molecule has 1 aliphatic carbocycles. The third kappa shape index (κ3) is 1.92. The molecular weight excluding hydrogens is 260 g/mol. The maximum atomic E-state index is 5.30. The van der Waals surface area contributed by atoms with Crippen molar-refractivity contribution in [2.75, 3.05) is 0 Å². The van der Waals surface area contributed by atoms with Gasteiger partial charge in [0.05, 0.1) is 0 Å². The molecule has 1 aliphatic rings. The van der Waals surface area contributed by atoms with E-state index in [-0.39, 0.29) is 4.45 Å². The molecule has 0 bridgehead atoms. The van der Waals surface area contributed by atoms with Crippen LogP contribution >= 0.6 is 31.9 Å². The summed E-state index contributed by atoms with van der Waals surface area (Å²) in [5, 5.41) is 0. The highest BCUT2D eigenvalue weighted by molar-refractivity contribution is 9.12. The minimum atomic E-state index is -0.263. The van der Waals surface area contributed by atoms with E-state index in [1.807, 2.05) is 18.2 Å². The van der Waals surface area contributed by atoms with Gasteiger partial charge in [0.2, 0.25) is 0 Å². The highest BCUT2D eigenvalue weighted by Crippen LogP contribution is 2.30. The first kappa shape index (κ1) is 8.46. The Morgan fingerprint density at radius 2 is 2.40 bits per heavy atom. The SMILES string of the molecule is NNC1(Br)C=CC=C(Br)C1. The monoisotopic (exact) mass is 266 g/mol. The normalized spacial score (nSPS) is 32.1. The molecule has 0 aromatic carbocycles. The average Bonchev–Trinajstić information content (AvgIpc) is 1.88. The zero-order valence-electron chi connectivity index (χ0n) is 5.27. The van der Waals surface area contributed by atoms with Crippen molar-refractivity contribution in [3.05, 3.63) is 22.7 Å². The molecule has 1 unspecified atom stereocenters. The van der Waals surface area contributed by atoms with Gasteiger partial charge in [-0.2, -0.15) is 0 Å². The second kappa shape index (κ2) is 3.17. The van der Waals surface area contributed by atoms with Gasteiger partial charge in [0.1, 0.15) is 4.45 Å². The maximum absolute atomic E-state index is 5.30. The van der Waals surface area contributed by atoms with Crippen LogP contribution in [0.25, 0.3) is 0 Å². The van der Waals surface area contributed by atoms with Crippen molar-refractivity contribution in [3.63, 3.8) is 0 Å². The van der Waals surface area contributed by atoms with Gasteiger partial charge in [0.15, 0.2) is 0 Å². The van der Waals surface area contributed by atoms with Crippen molar-refractivity contribution in [3.8, 4) is 0 Å². The van der Waals surface area contributed by atoms with Crippen LogP contribution in [-0.2, 0) is 0 Å². The number of hydrogen-bond acceptors (Lipinski definition) is 2. The number of rotatable bonds is 1. The van der Waals surface area contributed by atoms with E-state index in [2.05, 4.69) is 37.3 Å². The molecule has 0 heterocycles. The largest absolute Gasteiger partial charge is 0.270 e. The molecule has 56 valence electrons. The zero-order valence-corrected chi connectivity index (χ0v) is 8.44. The average molecular weight is 268 g/mol. The van der Waals surface area contributed by atoms with E-state index in [1.54, 1.807) is 0 Å². The first-order valence-electron chi connectivity index (χ1n) is 2.87. The van der Waals surface area contributed by atoms with Gasteiger partial charge in [-0.15, -0.1) is 0 Å². The molecule has 0 aliphatic heterocycles. The van der Waals surface area contributed by atoms with Crippen LogP contribution in [0.4, 0.5) is 0 Å². The molecule has 0 saturated carbocycles. The summed E-state index contributed by atoms with van der Waals surface area (Å²) in [7, 11) is 0. The van der Waals surface area contributed by atoms with E-state index in [9.17, 15) is 0 Å². The van der Waals surface area contributed by atoms with Crippen LogP contribution in [0.15, 0.2) is 22.7 Å². The molecule has 2 nitrogen and oxygen atoms in total. The summed E-state index contributed by atoms with van der Waals surface area (Å²) in [6, 6.07) is 0. The van der Waals surface area contributed by atoms with Crippen molar-refractivity contribution in [1.82, 2.24) is 5.43 Å². The van der Waals surface area contributed by atoms with Crippen LogP contribution in [0.5, 0.6) is 0 Å². The molecule has 0 saturated heterocycles. The fourth-order valence-electron chi connectivity index (χ4n) is 0.768. The fourth-order valence-corrected chi connectivity index (χ4v) is 2.19. The fraction of sp³-hybridized carbons (Fsp3) is 0.333. The van der Waals surface area contributed by atoms with Gasteiger partial charge in [-0.25, -0.2) is 5.43 Å². The summed E-state index contributed by atoms with van der Waals surface area (Å²) in [6.45, 7) is 0. The quantitative estimate of drug-likeness (QED) is 0.329. The van der Waals surface area contributed by atoms with Crippen molar-refractivity contribution < 1.29 is 0 Å². The van der Waals surface area contributed by atoms with Gasteiger partial charge in [-0.05, 0) is 4.48 Å². The Morgan fingerprint density at radius 3 is 2.80 bits per heavy atom. The number of halogens is 2. The first-order chi connectivity index (χ1) is 4.66. The van der Waals surface area contributed by atoms with E-state index in [0.29, 0.717) is 0 Å². The van der Waals surface area contributed by atoms with Crippen molar-refractivity contribution in [2.45, 2.75) is 10.9 Å². The highest BCUT2D eigenvalue weighted by Gasteiger charge is 2.23. The lowest BCUT2D eigenvalue weighted by Gasteiger charge is -2.24. The van der Waals surface area contributed by atoms with E-state index >= 15 is 0 Å². The smallest absolute Gasteiger partial charge is 0.110 e.